The number of hydrogen-bond donors (Lipinski definition) is 2. The molecule has 104 valence electrons. The zero-order chi connectivity index (χ0) is 14.7. The number of aromatic nitrogens is 2. The molecule has 0 aliphatic carbocycles. The number of benzene rings is 1. The Labute approximate surface area is 116 Å². The molecule has 2 aromatic rings. The first-order valence-corrected chi connectivity index (χ1v) is 6.11. The topological polar surface area (TPSA) is 107 Å². The van der Waals surface area contributed by atoms with Gasteiger partial charge in [-0.25, -0.2) is 4.98 Å². The molecule has 0 atom stereocenters. The van der Waals surface area contributed by atoms with E-state index in [-0.39, 0.29) is 17.5 Å². The second-order valence-electron chi connectivity index (χ2n) is 4.62. The van der Waals surface area contributed by atoms with Crippen LogP contribution < -0.4 is 11.1 Å². The zero-order valence-electron chi connectivity index (χ0n) is 11.2. The van der Waals surface area contributed by atoms with Crippen molar-refractivity contribution >= 4 is 23.1 Å². The summed E-state index contributed by atoms with van der Waals surface area (Å²) in [6.07, 6.45) is 1.09. The Morgan fingerprint density at radius 2 is 2.15 bits per heavy atom. The maximum atomic E-state index is 10.9. The first-order valence-electron chi connectivity index (χ1n) is 6.11. The van der Waals surface area contributed by atoms with Crippen molar-refractivity contribution in [2.75, 3.05) is 11.1 Å². The monoisotopic (exact) mass is 273 g/mol. The van der Waals surface area contributed by atoms with Crippen molar-refractivity contribution in [2.24, 2.45) is 0 Å². The van der Waals surface area contributed by atoms with Crippen LogP contribution in [0.15, 0.2) is 30.5 Å². The van der Waals surface area contributed by atoms with Gasteiger partial charge in [0, 0.05) is 5.69 Å². The lowest BCUT2D eigenvalue weighted by atomic mass is 10.0. The summed E-state index contributed by atoms with van der Waals surface area (Å²) in [5, 5.41) is 13.9. The van der Waals surface area contributed by atoms with E-state index in [0.29, 0.717) is 5.92 Å². The van der Waals surface area contributed by atoms with Crippen LogP contribution in [0.25, 0.3) is 0 Å². The number of rotatable bonds is 4. The molecular formula is C13H15N5O2. The number of nitrogens with zero attached hydrogens (tertiary/aromatic N) is 3. The summed E-state index contributed by atoms with van der Waals surface area (Å²) < 4.78 is 0. The van der Waals surface area contributed by atoms with Crippen LogP contribution in [0.1, 0.15) is 25.3 Å². The molecule has 0 aliphatic heterocycles. The maximum absolute atomic E-state index is 10.9. The van der Waals surface area contributed by atoms with Gasteiger partial charge in [0.1, 0.15) is 6.20 Å². The second kappa shape index (κ2) is 5.52. The fraction of sp³-hybridized carbons (Fsp3) is 0.231. The van der Waals surface area contributed by atoms with Crippen LogP contribution in [0.5, 0.6) is 0 Å². The second-order valence-corrected chi connectivity index (χ2v) is 4.62. The smallest absolute Gasteiger partial charge is 0.329 e. The number of nitro groups is 1. The average Bonchev–Trinajstić information content (AvgIpc) is 2.38. The van der Waals surface area contributed by atoms with Crippen LogP contribution in [0.4, 0.5) is 23.1 Å². The van der Waals surface area contributed by atoms with Gasteiger partial charge in [0.15, 0.2) is 0 Å². The lowest BCUT2D eigenvalue weighted by molar-refractivity contribution is -0.384. The van der Waals surface area contributed by atoms with Crippen molar-refractivity contribution in [3.05, 3.63) is 46.1 Å². The van der Waals surface area contributed by atoms with Crippen molar-refractivity contribution in [1.82, 2.24) is 9.97 Å². The molecular weight excluding hydrogens is 258 g/mol. The van der Waals surface area contributed by atoms with Crippen LogP contribution in [-0.4, -0.2) is 14.9 Å². The zero-order valence-corrected chi connectivity index (χ0v) is 11.2. The van der Waals surface area contributed by atoms with Crippen LogP contribution in [0.3, 0.4) is 0 Å². The lowest BCUT2D eigenvalue weighted by Crippen LogP contribution is -2.04. The van der Waals surface area contributed by atoms with Gasteiger partial charge in [0.25, 0.3) is 0 Å². The third kappa shape index (κ3) is 3.00. The molecule has 1 aromatic heterocycles. The first-order chi connectivity index (χ1) is 9.47. The van der Waals surface area contributed by atoms with Gasteiger partial charge in [0.2, 0.25) is 11.8 Å². The number of anilines is 3. The standard InChI is InChI=1S/C13H15N5O2/c1-8(2)9-4-3-5-10(6-9)16-12-11(18(19)20)7-15-13(14)17-12/h3-8H,1-2H3,(H3,14,15,16,17). The third-order valence-corrected chi connectivity index (χ3v) is 2.80. The van der Waals surface area contributed by atoms with E-state index >= 15 is 0 Å². The molecule has 2 rings (SSSR count). The Balaban J connectivity index is 2.36. The number of nitrogen functional groups attached to an aromatic ring is 1. The highest BCUT2D eigenvalue weighted by atomic mass is 16.6. The van der Waals surface area contributed by atoms with Crippen LogP contribution in [0.2, 0.25) is 0 Å². The molecule has 7 heteroatoms. The van der Waals surface area contributed by atoms with Gasteiger partial charge >= 0.3 is 5.69 Å². The van der Waals surface area contributed by atoms with E-state index in [1.165, 1.54) is 0 Å². The van der Waals surface area contributed by atoms with E-state index in [1.807, 2.05) is 24.3 Å². The van der Waals surface area contributed by atoms with E-state index in [4.69, 9.17) is 5.73 Å². The molecule has 1 aromatic carbocycles. The summed E-state index contributed by atoms with van der Waals surface area (Å²) >= 11 is 0. The minimum atomic E-state index is -0.548. The Kier molecular flexibility index (Phi) is 3.79. The fourth-order valence-corrected chi connectivity index (χ4v) is 1.73. The lowest BCUT2D eigenvalue weighted by Gasteiger charge is -2.10. The molecule has 0 saturated carbocycles. The molecule has 0 amide bonds. The predicted molar refractivity (Wildman–Crippen MR) is 76.9 cm³/mol. The Morgan fingerprint density at radius 3 is 2.80 bits per heavy atom. The molecule has 3 N–H and O–H groups in total. The Hall–Kier alpha value is -2.70. The van der Waals surface area contributed by atoms with Crippen LogP contribution in [-0.2, 0) is 0 Å². The average molecular weight is 273 g/mol. The van der Waals surface area contributed by atoms with E-state index in [1.54, 1.807) is 0 Å². The van der Waals surface area contributed by atoms with Crippen molar-refractivity contribution in [3.63, 3.8) is 0 Å². The summed E-state index contributed by atoms with van der Waals surface area (Å²) in [6, 6.07) is 7.62. The fourth-order valence-electron chi connectivity index (χ4n) is 1.73. The van der Waals surface area contributed by atoms with E-state index in [0.717, 1.165) is 17.4 Å². The van der Waals surface area contributed by atoms with Gasteiger partial charge in [-0.15, -0.1) is 0 Å². The summed E-state index contributed by atoms with van der Waals surface area (Å²) in [5.74, 6) is 0.434. The summed E-state index contributed by atoms with van der Waals surface area (Å²) in [7, 11) is 0. The van der Waals surface area contributed by atoms with Crippen molar-refractivity contribution in [3.8, 4) is 0 Å². The highest BCUT2D eigenvalue weighted by molar-refractivity contribution is 5.66. The third-order valence-electron chi connectivity index (χ3n) is 2.80. The first kappa shape index (κ1) is 13.7. The Bertz CT molecular complexity index is 642. The minimum Gasteiger partial charge on any atom is -0.368 e. The largest absolute Gasteiger partial charge is 0.368 e. The number of nitrogens with one attached hydrogen (secondary N) is 1. The van der Waals surface area contributed by atoms with E-state index < -0.39 is 4.92 Å². The van der Waals surface area contributed by atoms with Crippen molar-refractivity contribution in [2.45, 2.75) is 19.8 Å². The van der Waals surface area contributed by atoms with Gasteiger partial charge in [0.05, 0.1) is 4.92 Å². The van der Waals surface area contributed by atoms with Crippen molar-refractivity contribution < 1.29 is 4.92 Å². The van der Waals surface area contributed by atoms with Crippen molar-refractivity contribution in [1.29, 1.82) is 0 Å². The molecule has 20 heavy (non-hydrogen) atoms. The van der Waals surface area contributed by atoms with Crippen LogP contribution >= 0.6 is 0 Å². The predicted octanol–water partition coefficient (Wildman–Crippen LogP) is 2.83. The molecule has 0 spiro atoms. The molecule has 0 saturated heterocycles. The molecule has 0 radical (unpaired) electrons. The molecule has 0 unspecified atom stereocenters. The van der Waals surface area contributed by atoms with Gasteiger partial charge < -0.3 is 11.1 Å². The summed E-state index contributed by atoms with van der Waals surface area (Å²) in [6.45, 7) is 4.15. The highest BCUT2D eigenvalue weighted by Crippen LogP contribution is 2.26. The van der Waals surface area contributed by atoms with E-state index in [9.17, 15) is 10.1 Å². The molecule has 0 aliphatic rings. The van der Waals surface area contributed by atoms with Crippen LogP contribution in [0, 0.1) is 10.1 Å². The maximum Gasteiger partial charge on any atom is 0.329 e. The van der Waals surface area contributed by atoms with Gasteiger partial charge in [-0.2, -0.15) is 4.98 Å². The highest BCUT2D eigenvalue weighted by Gasteiger charge is 2.17. The summed E-state index contributed by atoms with van der Waals surface area (Å²) in [4.78, 5) is 17.9. The number of hydrogen-bond acceptors (Lipinski definition) is 6. The molecule has 7 nitrogen and oxygen atoms in total. The van der Waals surface area contributed by atoms with Gasteiger partial charge in [-0.05, 0) is 23.6 Å². The van der Waals surface area contributed by atoms with Gasteiger partial charge in [-0.3, -0.25) is 10.1 Å². The molecule has 1 heterocycles. The molecule has 0 fully saturated rings. The summed E-state index contributed by atoms with van der Waals surface area (Å²) in [5.41, 5.74) is 7.11. The molecule has 0 bridgehead atoms. The van der Waals surface area contributed by atoms with Gasteiger partial charge in [-0.1, -0.05) is 26.0 Å². The Morgan fingerprint density at radius 1 is 1.40 bits per heavy atom. The SMILES string of the molecule is CC(C)c1cccc(Nc2nc(N)ncc2[N+](=O)[O-])c1. The number of nitrogens with two attached hydrogens (primary N) is 1. The normalized spacial score (nSPS) is 10.6. The minimum absolute atomic E-state index is 0.0156. The quantitative estimate of drug-likeness (QED) is 0.655. The van der Waals surface area contributed by atoms with E-state index in [2.05, 4.69) is 29.1 Å².